The molecule has 8 heteroatoms. The fraction of sp³-hybridized carbons (Fsp3) is 0.100. The number of benzene rings is 2. The number of methoxy groups -OCH3 is 2. The van der Waals surface area contributed by atoms with E-state index in [1.54, 1.807) is 68.8 Å². The van der Waals surface area contributed by atoms with Crippen LogP contribution in [0, 0.1) is 11.3 Å². The highest BCUT2D eigenvalue weighted by Gasteiger charge is 2.11. The number of nitriles is 1. The molecule has 0 atom stereocenters. The maximum absolute atomic E-state index is 12.3. The van der Waals surface area contributed by atoms with Gasteiger partial charge in [0.25, 0.3) is 5.91 Å². The molecule has 8 nitrogen and oxygen atoms in total. The first-order chi connectivity index (χ1) is 13.6. The van der Waals surface area contributed by atoms with Gasteiger partial charge in [-0.25, -0.2) is 0 Å². The van der Waals surface area contributed by atoms with E-state index in [0.717, 1.165) is 0 Å². The number of anilines is 3. The second-order valence-corrected chi connectivity index (χ2v) is 5.64. The Kier molecular flexibility index (Phi) is 5.67. The average molecular weight is 375 g/mol. The summed E-state index contributed by atoms with van der Waals surface area (Å²) in [6.45, 7) is 0. The molecule has 0 spiro atoms. The van der Waals surface area contributed by atoms with Gasteiger partial charge in [0.15, 0.2) is 11.5 Å². The summed E-state index contributed by atoms with van der Waals surface area (Å²) in [7, 11) is 3.13. The Bertz CT molecular complexity index is 1030. The Morgan fingerprint density at radius 1 is 1.04 bits per heavy atom. The first kappa shape index (κ1) is 18.7. The van der Waals surface area contributed by atoms with Crippen LogP contribution in [-0.2, 0) is 0 Å². The highest BCUT2D eigenvalue weighted by Crippen LogP contribution is 2.30. The zero-order chi connectivity index (χ0) is 19.9. The van der Waals surface area contributed by atoms with Crippen molar-refractivity contribution in [1.29, 1.82) is 5.26 Å². The summed E-state index contributed by atoms with van der Waals surface area (Å²) in [6.07, 6.45) is 0. The van der Waals surface area contributed by atoms with Gasteiger partial charge in [-0.15, -0.1) is 10.2 Å². The van der Waals surface area contributed by atoms with Crippen LogP contribution >= 0.6 is 0 Å². The van der Waals surface area contributed by atoms with Gasteiger partial charge in [-0.05, 0) is 42.5 Å². The van der Waals surface area contributed by atoms with Crippen LogP contribution in [0.1, 0.15) is 16.1 Å². The number of carbonyl (C=O) groups excluding carboxylic acids is 1. The van der Waals surface area contributed by atoms with Crippen molar-refractivity contribution >= 4 is 23.1 Å². The molecule has 0 fully saturated rings. The molecule has 2 N–H and O–H groups in total. The number of hydrogen-bond acceptors (Lipinski definition) is 7. The van der Waals surface area contributed by atoms with E-state index in [2.05, 4.69) is 20.8 Å². The van der Waals surface area contributed by atoms with Crippen LogP contribution in [-0.4, -0.2) is 30.3 Å². The molecule has 0 radical (unpaired) electrons. The molecule has 3 rings (SSSR count). The topological polar surface area (TPSA) is 109 Å². The lowest BCUT2D eigenvalue weighted by molar-refractivity contribution is 0.102. The summed E-state index contributed by atoms with van der Waals surface area (Å²) in [6, 6.07) is 17.2. The monoisotopic (exact) mass is 375 g/mol. The van der Waals surface area contributed by atoms with Gasteiger partial charge in [0.2, 0.25) is 0 Å². The number of nitrogens with zero attached hydrogens (tertiary/aromatic N) is 3. The zero-order valence-electron chi connectivity index (χ0n) is 15.3. The molecule has 1 amide bonds. The lowest BCUT2D eigenvalue weighted by Crippen LogP contribution is -2.14. The number of ether oxygens (including phenoxy) is 2. The minimum atomic E-state index is -0.420. The van der Waals surface area contributed by atoms with E-state index in [1.807, 2.05) is 6.07 Å². The Labute approximate surface area is 161 Å². The number of carbonyl (C=O) groups is 1. The molecule has 0 bridgehead atoms. The second-order valence-electron chi connectivity index (χ2n) is 5.64. The lowest BCUT2D eigenvalue weighted by Gasteiger charge is -2.11. The predicted octanol–water partition coefficient (Wildman–Crippen LogP) is 3.36. The fourth-order valence-electron chi connectivity index (χ4n) is 2.42. The third-order valence-electron chi connectivity index (χ3n) is 3.82. The van der Waals surface area contributed by atoms with Crippen molar-refractivity contribution in [2.24, 2.45) is 0 Å². The number of rotatable bonds is 6. The summed E-state index contributed by atoms with van der Waals surface area (Å²) in [5.41, 5.74) is 1.80. The Hall–Kier alpha value is -4.12. The van der Waals surface area contributed by atoms with E-state index in [0.29, 0.717) is 34.3 Å². The van der Waals surface area contributed by atoms with Crippen molar-refractivity contribution in [2.75, 3.05) is 24.9 Å². The standard InChI is InChI=1S/C20H17N5O3/c1-27-15-6-7-16(18(11-15)28-2)23-19-9-8-17(24-25-19)20(26)22-14-5-3-4-13(10-14)12-21/h3-11H,1-2H3,(H,22,26)(H,23,25). The van der Waals surface area contributed by atoms with Crippen LogP contribution in [0.3, 0.4) is 0 Å². The molecule has 28 heavy (non-hydrogen) atoms. The number of hydrogen-bond donors (Lipinski definition) is 2. The van der Waals surface area contributed by atoms with Gasteiger partial charge in [0.1, 0.15) is 11.5 Å². The summed E-state index contributed by atoms with van der Waals surface area (Å²) in [5.74, 6) is 1.28. The summed E-state index contributed by atoms with van der Waals surface area (Å²) in [5, 5.41) is 22.7. The molecule has 0 unspecified atom stereocenters. The van der Waals surface area contributed by atoms with Crippen molar-refractivity contribution in [1.82, 2.24) is 10.2 Å². The zero-order valence-corrected chi connectivity index (χ0v) is 15.3. The lowest BCUT2D eigenvalue weighted by atomic mass is 10.2. The van der Waals surface area contributed by atoms with Gasteiger partial charge in [0, 0.05) is 11.8 Å². The van der Waals surface area contributed by atoms with Gasteiger partial charge in [-0.3, -0.25) is 4.79 Å². The quantitative estimate of drug-likeness (QED) is 0.680. The van der Waals surface area contributed by atoms with Crippen LogP contribution in [0.5, 0.6) is 11.5 Å². The second kappa shape index (κ2) is 8.51. The van der Waals surface area contributed by atoms with Crippen molar-refractivity contribution in [3.63, 3.8) is 0 Å². The van der Waals surface area contributed by atoms with Gasteiger partial charge in [0.05, 0.1) is 31.5 Å². The Morgan fingerprint density at radius 2 is 1.89 bits per heavy atom. The van der Waals surface area contributed by atoms with Gasteiger partial charge < -0.3 is 20.1 Å². The third kappa shape index (κ3) is 4.34. The molecular formula is C20H17N5O3. The molecule has 140 valence electrons. The van der Waals surface area contributed by atoms with Gasteiger partial charge in [-0.2, -0.15) is 5.26 Å². The fourth-order valence-corrected chi connectivity index (χ4v) is 2.42. The molecule has 0 aliphatic heterocycles. The maximum atomic E-state index is 12.3. The molecule has 1 aromatic heterocycles. The number of nitrogens with one attached hydrogen (secondary N) is 2. The van der Waals surface area contributed by atoms with Crippen LogP contribution in [0.25, 0.3) is 0 Å². The van der Waals surface area contributed by atoms with E-state index in [1.165, 1.54) is 0 Å². The minimum absolute atomic E-state index is 0.148. The molecule has 0 aliphatic carbocycles. The first-order valence-electron chi connectivity index (χ1n) is 8.27. The van der Waals surface area contributed by atoms with Crippen LogP contribution in [0.2, 0.25) is 0 Å². The predicted molar refractivity (Wildman–Crippen MR) is 104 cm³/mol. The van der Waals surface area contributed by atoms with Crippen molar-refractivity contribution in [3.05, 3.63) is 65.9 Å². The van der Waals surface area contributed by atoms with E-state index in [4.69, 9.17) is 14.7 Å². The van der Waals surface area contributed by atoms with E-state index < -0.39 is 5.91 Å². The highest BCUT2D eigenvalue weighted by atomic mass is 16.5. The molecule has 3 aromatic rings. The van der Waals surface area contributed by atoms with Gasteiger partial charge in [-0.1, -0.05) is 6.07 Å². The van der Waals surface area contributed by atoms with Crippen LogP contribution < -0.4 is 20.1 Å². The number of amides is 1. The van der Waals surface area contributed by atoms with Gasteiger partial charge >= 0.3 is 0 Å². The molecule has 2 aromatic carbocycles. The Balaban J connectivity index is 1.71. The molecule has 0 saturated heterocycles. The van der Waals surface area contributed by atoms with Crippen LogP contribution in [0.4, 0.5) is 17.2 Å². The van der Waals surface area contributed by atoms with E-state index in [9.17, 15) is 4.79 Å². The SMILES string of the molecule is COc1ccc(Nc2ccc(C(=O)Nc3cccc(C#N)c3)nn2)c(OC)c1. The molecule has 1 heterocycles. The van der Waals surface area contributed by atoms with Crippen LogP contribution in [0.15, 0.2) is 54.6 Å². The van der Waals surface area contributed by atoms with E-state index in [-0.39, 0.29) is 5.69 Å². The Morgan fingerprint density at radius 3 is 2.57 bits per heavy atom. The summed E-state index contributed by atoms with van der Waals surface area (Å²) >= 11 is 0. The molecule has 0 aliphatic rings. The number of aromatic nitrogens is 2. The van der Waals surface area contributed by atoms with Crippen molar-refractivity contribution < 1.29 is 14.3 Å². The minimum Gasteiger partial charge on any atom is -0.497 e. The highest BCUT2D eigenvalue weighted by molar-refractivity contribution is 6.02. The van der Waals surface area contributed by atoms with Crippen molar-refractivity contribution in [3.8, 4) is 17.6 Å². The average Bonchev–Trinajstić information content (AvgIpc) is 2.74. The molecular weight excluding hydrogens is 358 g/mol. The molecule has 0 saturated carbocycles. The normalized spacial score (nSPS) is 9.89. The largest absolute Gasteiger partial charge is 0.497 e. The van der Waals surface area contributed by atoms with E-state index >= 15 is 0 Å². The smallest absolute Gasteiger partial charge is 0.276 e. The summed E-state index contributed by atoms with van der Waals surface area (Å²) < 4.78 is 10.5. The first-order valence-corrected chi connectivity index (χ1v) is 8.27. The van der Waals surface area contributed by atoms with Crippen molar-refractivity contribution in [2.45, 2.75) is 0 Å². The summed E-state index contributed by atoms with van der Waals surface area (Å²) in [4.78, 5) is 12.3. The maximum Gasteiger partial charge on any atom is 0.276 e. The third-order valence-corrected chi connectivity index (χ3v) is 3.82.